The molecule has 2 heterocycles. The largest absolute Gasteiger partial charge is 0.494 e. The number of nitrogens with zero attached hydrogens (tertiary/aromatic N) is 1. The van der Waals surface area contributed by atoms with E-state index >= 15 is 0 Å². The van der Waals surface area contributed by atoms with Crippen molar-refractivity contribution < 1.29 is 9.31 Å². The molecule has 4 aromatic carbocycles. The molecule has 6 rings (SSSR count). The van der Waals surface area contributed by atoms with E-state index in [-0.39, 0.29) is 11.2 Å². The summed E-state index contributed by atoms with van der Waals surface area (Å²) >= 11 is 0. The van der Waals surface area contributed by atoms with Gasteiger partial charge in [0, 0.05) is 16.5 Å². The van der Waals surface area contributed by atoms with E-state index in [1.807, 2.05) is 0 Å². The Morgan fingerprint density at radius 3 is 2.00 bits per heavy atom. The summed E-state index contributed by atoms with van der Waals surface area (Å²) in [7, 11) is -0.392. The Bertz CT molecular complexity index is 1500. The minimum absolute atomic E-state index is 0.372. The van der Waals surface area contributed by atoms with Crippen molar-refractivity contribution in [1.82, 2.24) is 4.57 Å². The molecule has 0 aliphatic carbocycles. The topological polar surface area (TPSA) is 23.4 Å². The van der Waals surface area contributed by atoms with Crippen LogP contribution in [0.25, 0.3) is 38.6 Å². The molecule has 5 aromatic rings. The number of fused-ring (bicyclic) bond motifs is 3. The second-order valence-corrected chi connectivity index (χ2v) is 10.1. The number of para-hydroxylation sites is 1. The number of hydrogen-bond donors (Lipinski definition) is 0. The minimum atomic E-state index is -0.392. The Morgan fingerprint density at radius 1 is 0.588 bits per heavy atom. The highest BCUT2D eigenvalue weighted by molar-refractivity contribution is 6.62. The summed E-state index contributed by atoms with van der Waals surface area (Å²) < 4.78 is 15.1. The third-order valence-corrected chi connectivity index (χ3v) is 7.43. The average molecular weight is 445 g/mol. The molecule has 0 N–H and O–H groups in total. The smallest absolute Gasteiger partial charge is 0.399 e. The fourth-order valence-corrected chi connectivity index (χ4v) is 4.85. The molecule has 1 fully saturated rings. The van der Waals surface area contributed by atoms with Crippen LogP contribution >= 0.6 is 0 Å². The SMILES string of the molecule is CC1(C)OB(c2ccc3c4ccccc4n(-c4cccc(-c5ccccc5)c4)c3c2)OC1(C)C. The predicted molar refractivity (Wildman–Crippen MR) is 142 cm³/mol. The highest BCUT2D eigenvalue weighted by atomic mass is 16.7. The highest BCUT2D eigenvalue weighted by Gasteiger charge is 2.51. The second kappa shape index (κ2) is 7.59. The zero-order valence-electron chi connectivity index (χ0n) is 20.1. The van der Waals surface area contributed by atoms with Gasteiger partial charge in [0.1, 0.15) is 0 Å². The van der Waals surface area contributed by atoms with Crippen LogP contribution in [0.5, 0.6) is 0 Å². The maximum absolute atomic E-state index is 6.36. The van der Waals surface area contributed by atoms with E-state index in [2.05, 4.69) is 129 Å². The van der Waals surface area contributed by atoms with Gasteiger partial charge in [-0.3, -0.25) is 0 Å². The first-order chi connectivity index (χ1) is 16.3. The Labute approximate surface area is 201 Å². The third kappa shape index (κ3) is 3.29. The van der Waals surface area contributed by atoms with Gasteiger partial charge < -0.3 is 13.9 Å². The molecule has 1 saturated heterocycles. The van der Waals surface area contributed by atoms with Crippen molar-refractivity contribution in [2.45, 2.75) is 38.9 Å². The van der Waals surface area contributed by atoms with Gasteiger partial charge in [-0.25, -0.2) is 0 Å². The van der Waals surface area contributed by atoms with Crippen LogP contribution in [0.3, 0.4) is 0 Å². The van der Waals surface area contributed by atoms with Gasteiger partial charge in [0.05, 0.1) is 22.2 Å². The lowest BCUT2D eigenvalue weighted by molar-refractivity contribution is 0.00578. The van der Waals surface area contributed by atoms with E-state index < -0.39 is 7.12 Å². The highest BCUT2D eigenvalue weighted by Crippen LogP contribution is 2.37. The van der Waals surface area contributed by atoms with Crippen molar-refractivity contribution in [1.29, 1.82) is 0 Å². The Balaban J connectivity index is 1.55. The molecule has 0 atom stereocenters. The van der Waals surface area contributed by atoms with Crippen LogP contribution < -0.4 is 5.46 Å². The van der Waals surface area contributed by atoms with Gasteiger partial charge in [0.2, 0.25) is 0 Å². The molecular weight excluding hydrogens is 417 g/mol. The summed E-state index contributed by atoms with van der Waals surface area (Å²) in [6.45, 7) is 8.38. The molecule has 0 amide bonds. The van der Waals surface area contributed by atoms with E-state index in [0.717, 1.165) is 16.7 Å². The van der Waals surface area contributed by atoms with Gasteiger partial charge in [0.25, 0.3) is 0 Å². The van der Waals surface area contributed by atoms with Crippen LogP contribution in [0.1, 0.15) is 27.7 Å². The molecule has 1 aliphatic rings. The molecule has 1 aromatic heterocycles. The average Bonchev–Trinajstić information content (AvgIpc) is 3.29. The maximum Gasteiger partial charge on any atom is 0.494 e. The number of benzene rings is 4. The summed E-state index contributed by atoms with van der Waals surface area (Å²) in [5, 5.41) is 2.46. The molecule has 0 unspecified atom stereocenters. The third-order valence-electron chi connectivity index (χ3n) is 7.43. The standard InChI is InChI=1S/C30H28BNO2/c1-29(2)30(3,4)34-31(33-29)23-17-18-26-25-15-8-9-16-27(25)32(28(26)20-23)24-14-10-13-22(19-24)21-11-6-5-7-12-21/h5-20H,1-4H3. The summed E-state index contributed by atoms with van der Waals surface area (Å²) in [5.41, 5.74) is 6.18. The summed E-state index contributed by atoms with van der Waals surface area (Å²) in [6, 6.07) is 34.5. The van der Waals surface area contributed by atoms with E-state index in [1.165, 1.54) is 27.4 Å². The van der Waals surface area contributed by atoms with E-state index in [0.29, 0.717) is 0 Å². The summed E-state index contributed by atoms with van der Waals surface area (Å²) in [4.78, 5) is 0. The number of aromatic nitrogens is 1. The summed E-state index contributed by atoms with van der Waals surface area (Å²) in [6.07, 6.45) is 0. The lowest BCUT2D eigenvalue weighted by Gasteiger charge is -2.32. The van der Waals surface area contributed by atoms with Crippen LogP contribution in [0, 0.1) is 0 Å². The van der Waals surface area contributed by atoms with Crippen LogP contribution in [0.2, 0.25) is 0 Å². The van der Waals surface area contributed by atoms with Crippen LogP contribution in [-0.2, 0) is 9.31 Å². The fourth-order valence-electron chi connectivity index (χ4n) is 4.85. The van der Waals surface area contributed by atoms with Gasteiger partial charge in [0.15, 0.2) is 0 Å². The minimum Gasteiger partial charge on any atom is -0.399 e. The van der Waals surface area contributed by atoms with Crippen molar-refractivity contribution in [2.75, 3.05) is 0 Å². The molecule has 0 spiro atoms. The predicted octanol–water partition coefficient (Wildman–Crippen LogP) is 6.75. The first-order valence-electron chi connectivity index (χ1n) is 11.9. The number of hydrogen-bond acceptors (Lipinski definition) is 2. The Hall–Kier alpha value is -3.34. The molecule has 0 radical (unpaired) electrons. The maximum atomic E-state index is 6.36. The Kier molecular flexibility index (Phi) is 4.74. The molecule has 4 heteroatoms. The monoisotopic (exact) mass is 445 g/mol. The van der Waals surface area contributed by atoms with Crippen molar-refractivity contribution in [3.05, 3.63) is 97.1 Å². The van der Waals surface area contributed by atoms with E-state index in [4.69, 9.17) is 9.31 Å². The van der Waals surface area contributed by atoms with Crippen LogP contribution in [0.4, 0.5) is 0 Å². The zero-order chi connectivity index (χ0) is 23.5. The second-order valence-electron chi connectivity index (χ2n) is 10.1. The lowest BCUT2D eigenvalue weighted by Crippen LogP contribution is -2.41. The number of rotatable bonds is 3. The molecule has 34 heavy (non-hydrogen) atoms. The first-order valence-corrected chi connectivity index (χ1v) is 11.9. The van der Waals surface area contributed by atoms with Gasteiger partial charge in [-0.15, -0.1) is 0 Å². The molecule has 168 valence electrons. The van der Waals surface area contributed by atoms with Crippen molar-refractivity contribution >= 4 is 34.4 Å². The van der Waals surface area contributed by atoms with Crippen LogP contribution in [0.15, 0.2) is 97.1 Å². The lowest BCUT2D eigenvalue weighted by atomic mass is 9.79. The fraction of sp³-hybridized carbons (Fsp3) is 0.200. The van der Waals surface area contributed by atoms with Crippen molar-refractivity contribution in [3.63, 3.8) is 0 Å². The zero-order valence-corrected chi connectivity index (χ0v) is 20.1. The molecule has 1 aliphatic heterocycles. The van der Waals surface area contributed by atoms with Gasteiger partial charge in [-0.1, -0.05) is 72.8 Å². The molecule has 0 bridgehead atoms. The van der Waals surface area contributed by atoms with Crippen LogP contribution in [-0.4, -0.2) is 22.9 Å². The quantitative estimate of drug-likeness (QED) is 0.287. The molecule has 3 nitrogen and oxygen atoms in total. The molecular formula is C30H28BNO2. The van der Waals surface area contributed by atoms with Gasteiger partial charge in [-0.2, -0.15) is 0 Å². The van der Waals surface area contributed by atoms with Gasteiger partial charge in [-0.05, 0) is 68.6 Å². The first kappa shape index (κ1) is 21.2. The van der Waals surface area contributed by atoms with Gasteiger partial charge >= 0.3 is 7.12 Å². The normalized spacial score (nSPS) is 17.0. The van der Waals surface area contributed by atoms with Crippen molar-refractivity contribution in [3.8, 4) is 16.8 Å². The summed E-state index contributed by atoms with van der Waals surface area (Å²) in [5.74, 6) is 0. The van der Waals surface area contributed by atoms with E-state index in [1.54, 1.807) is 0 Å². The molecule has 0 saturated carbocycles. The van der Waals surface area contributed by atoms with E-state index in [9.17, 15) is 0 Å². The van der Waals surface area contributed by atoms with Crippen molar-refractivity contribution in [2.24, 2.45) is 0 Å². The Morgan fingerprint density at radius 2 is 1.24 bits per heavy atom.